The second-order valence-corrected chi connectivity index (χ2v) is 13.6. The lowest BCUT2D eigenvalue weighted by molar-refractivity contribution is -0.138. The number of phenols is 1. The molecule has 2 saturated heterocycles. The van der Waals surface area contributed by atoms with Crippen LogP contribution in [0.15, 0.2) is 78.0 Å². The van der Waals surface area contributed by atoms with Crippen LogP contribution < -0.4 is 5.32 Å². The fraction of sp³-hybridized carbons (Fsp3) is 0.355. The van der Waals surface area contributed by atoms with Crippen LogP contribution in [-0.2, 0) is 31.4 Å². The van der Waals surface area contributed by atoms with Crippen molar-refractivity contribution in [3.8, 4) is 5.75 Å². The van der Waals surface area contributed by atoms with E-state index in [0.717, 1.165) is 9.87 Å². The fourth-order valence-electron chi connectivity index (χ4n) is 5.59. The molecule has 2 N–H and O–H groups in total. The van der Waals surface area contributed by atoms with Gasteiger partial charge in [0.2, 0.25) is 5.91 Å². The van der Waals surface area contributed by atoms with Crippen LogP contribution in [0, 0.1) is 0 Å². The number of Topliss-reactive ketones (excluding diaryl/α,β-unsaturated/α-hetero) is 1. The van der Waals surface area contributed by atoms with Gasteiger partial charge in [0, 0.05) is 24.7 Å². The summed E-state index contributed by atoms with van der Waals surface area (Å²) in [6.07, 6.45) is 1.77. The van der Waals surface area contributed by atoms with Crippen molar-refractivity contribution in [1.29, 1.82) is 0 Å². The number of rotatable bonds is 7. The number of pyridine rings is 1. The number of amides is 2. The number of ketones is 1. The third-order valence-corrected chi connectivity index (χ3v) is 9.65. The number of carbonyl (C=O) groups is 3. The monoisotopic (exact) mass is 590 g/mol. The SMILES string of the molecule is CC(C)(C)c1ccc(C(=O)NC(Cc2ccc(O)cc2)C(=O)N2CCC3C2C(=O)CN3S(=O)(=O)c2ccccn2)cc1. The lowest BCUT2D eigenvalue weighted by Gasteiger charge is -2.28. The van der Waals surface area contributed by atoms with E-state index in [0.29, 0.717) is 11.1 Å². The first kappa shape index (κ1) is 29.4. The van der Waals surface area contributed by atoms with E-state index in [1.165, 1.54) is 29.3 Å². The van der Waals surface area contributed by atoms with Gasteiger partial charge in [-0.25, -0.2) is 13.4 Å². The molecule has 2 aliphatic heterocycles. The molecule has 3 atom stereocenters. The number of sulfonamides is 1. The number of hydrogen-bond acceptors (Lipinski definition) is 7. The molecule has 0 aliphatic carbocycles. The first-order valence-corrected chi connectivity index (χ1v) is 15.3. The van der Waals surface area contributed by atoms with Crippen LogP contribution in [-0.4, -0.2) is 76.5 Å². The molecule has 5 rings (SSSR count). The second kappa shape index (κ2) is 11.3. The molecule has 220 valence electrons. The first-order chi connectivity index (χ1) is 19.9. The van der Waals surface area contributed by atoms with Crippen LogP contribution in [0.5, 0.6) is 5.75 Å². The molecule has 10 nitrogen and oxygen atoms in total. The summed E-state index contributed by atoms with van der Waals surface area (Å²) in [5.41, 5.74) is 2.05. The summed E-state index contributed by atoms with van der Waals surface area (Å²) in [5, 5.41) is 12.4. The number of hydrogen-bond donors (Lipinski definition) is 2. The minimum absolute atomic E-state index is 0.0674. The number of aromatic hydroxyl groups is 1. The highest BCUT2D eigenvalue weighted by molar-refractivity contribution is 7.89. The molecular weight excluding hydrogens is 556 g/mol. The largest absolute Gasteiger partial charge is 0.508 e. The average Bonchev–Trinajstić information content (AvgIpc) is 3.55. The van der Waals surface area contributed by atoms with E-state index in [1.807, 2.05) is 12.1 Å². The Labute approximate surface area is 245 Å². The molecule has 42 heavy (non-hydrogen) atoms. The number of benzene rings is 2. The van der Waals surface area contributed by atoms with E-state index in [4.69, 9.17) is 0 Å². The molecule has 0 saturated carbocycles. The predicted molar refractivity (Wildman–Crippen MR) is 155 cm³/mol. The Morgan fingerprint density at radius 3 is 2.36 bits per heavy atom. The minimum atomic E-state index is -4.05. The Morgan fingerprint density at radius 1 is 1.05 bits per heavy atom. The quantitative estimate of drug-likeness (QED) is 0.432. The zero-order valence-corrected chi connectivity index (χ0v) is 24.5. The Balaban J connectivity index is 1.39. The summed E-state index contributed by atoms with van der Waals surface area (Å²) in [6.45, 7) is 6.03. The molecular formula is C31H34N4O6S. The highest BCUT2D eigenvalue weighted by atomic mass is 32.2. The average molecular weight is 591 g/mol. The van der Waals surface area contributed by atoms with Crippen molar-refractivity contribution < 1.29 is 27.9 Å². The molecule has 11 heteroatoms. The van der Waals surface area contributed by atoms with Gasteiger partial charge in [0.1, 0.15) is 17.8 Å². The smallest absolute Gasteiger partial charge is 0.261 e. The fourth-order valence-corrected chi connectivity index (χ4v) is 7.15. The maximum absolute atomic E-state index is 14.0. The lowest BCUT2D eigenvalue weighted by atomic mass is 9.86. The van der Waals surface area contributed by atoms with Crippen molar-refractivity contribution in [2.75, 3.05) is 13.1 Å². The van der Waals surface area contributed by atoms with Crippen LogP contribution in [0.25, 0.3) is 0 Å². The zero-order chi connectivity index (χ0) is 30.2. The predicted octanol–water partition coefficient (Wildman–Crippen LogP) is 2.67. The van der Waals surface area contributed by atoms with Gasteiger partial charge >= 0.3 is 0 Å². The molecule has 0 bridgehead atoms. The molecule has 0 radical (unpaired) electrons. The lowest BCUT2D eigenvalue weighted by Crippen LogP contribution is -2.53. The van der Waals surface area contributed by atoms with E-state index in [2.05, 4.69) is 31.1 Å². The van der Waals surface area contributed by atoms with Crippen LogP contribution >= 0.6 is 0 Å². The van der Waals surface area contributed by atoms with Crippen LogP contribution in [0.4, 0.5) is 0 Å². The molecule has 2 fully saturated rings. The molecule has 2 aliphatic rings. The molecule has 3 heterocycles. The first-order valence-electron chi connectivity index (χ1n) is 13.8. The topological polar surface area (TPSA) is 137 Å². The van der Waals surface area contributed by atoms with Gasteiger partial charge in [-0.05, 0) is 59.4 Å². The third kappa shape index (κ3) is 5.79. The summed E-state index contributed by atoms with van der Waals surface area (Å²) in [6, 6.07) is 15.3. The van der Waals surface area contributed by atoms with Gasteiger partial charge in [0.25, 0.3) is 15.9 Å². The van der Waals surface area contributed by atoms with Gasteiger partial charge in [0.05, 0.1) is 12.6 Å². The molecule has 2 amide bonds. The zero-order valence-electron chi connectivity index (χ0n) is 23.7. The molecule has 3 unspecified atom stereocenters. The van der Waals surface area contributed by atoms with Crippen LogP contribution in [0.1, 0.15) is 48.7 Å². The Kier molecular flexibility index (Phi) is 7.91. The van der Waals surface area contributed by atoms with Gasteiger partial charge in [-0.2, -0.15) is 4.31 Å². The summed E-state index contributed by atoms with van der Waals surface area (Å²) in [5.74, 6) is -1.23. The Morgan fingerprint density at radius 2 is 1.74 bits per heavy atom. The number of phenolic OH excluding ortho intramolecular Hbond substituents is 1. The molecule has 1 aromatic heterocycles. The van der Waals surface area contributed by atoms with Crippen LogP contribution in [0.2, 0.25) is 0 Å². The van der Waals surface area contributed by atoms with Gasteiger partial charge in [-0.1, -0.05) is 51.1 Å². The second-order valence-electron chi connectivity index (χ2n) is 11.7. The van der Waals surface area contributed by atoms with Crippen molar-refractivity contribution in [3.63, 3.8) is 0 Å². The van der Waals surface area contributed by atoms with E-state index in [-0.39, 0.29) is 47.9 Å². The standard InChI is InChI=1S/C31H34N4O6S/c1-31(2,3)22-11-9-21(10-12-22)29(38)33-24(18-20-7-13-23(36)14-8-20)30(39)34-17-15-25-28(34)26(37)19-35(25)42(40,41)27-6-4-5-16-32-27/h4-14,16,24-25,28,36H,15,17-19H2,1-3H3,(H,33,38). The van der Waals surface area contributed by atoms with Gasteiger partial charge in [0.15, 0.2) is 10.8 Å². The summed E-state index contributed by atoms with van der Waals surface area (Å²) in [7, 11) is -4.05. The highest BCUT2D eigenvalue weighted by Gasteiger charge is 2.54. The van der Waals surface area contributed by atoms with Crippen molar-refractivity contribution in [2.24, 2.45) is 0 Å². The normalized spacial score (nSPS) is 19.9. The van der Waals surface area contributed by atoms with Crippen molar-refractivity contribution in [1.82, 2.24) is 19.5 Å². The molecule has 0 spiro atoms. The number of carbonyl (C=O) groups excluding carboxylic acids is 3. The van der Waals surface area contributed by atoms with E-state index in [1.54, 1.807) is 36.4 Å². The van der Waals surface area contributed by atoms with Crippen LogP contribution in [0.3, 0.4) is 0 Å². The Hall–Kier alpha value is -4.09. The maximum Gasteiger partial charge on any atom is 0.261 e. The summed E-state index contributed by atoms with van der Waals surface area (Å²) >= 11 is 0. The number of likely N-dealkylation sites (tertiary alicyclic amines) is 1. The summed E-state index contributed by atoms with van der Waals surface area (Å²) in [4.78, 5) is 45.9. The Bertz CT molecular complexity index is 1590. The van der Waals surface area contributed by atoms with Gasteiger partial charge in [-0.15, -0.1) is 0 Å². The third-order valence-electron chi connectivity index (χ3n) is 7.86. The number of aromatic nitrogens is 1. The van der Waals surface area contributed by atoms with Crippen molar-refractivity contribution in [2.45, 2.75) is 62.2 Å². The number of nitrogens with zero attached hydrogens (tertiary/aromatic N) is 3. The van der Waals surface area contributed by atoms with E-state index >= 15 is 0 Å². The minimum Gasteiger partial charge on any atom is -0.508 e. The molecule has 3 aromatic rings. The molecule has 2 aromatic carbocycles. The van der Waals surface area contributed by atoms with Gasteiger partial charge < -0.3 is 15.3 Å². The van der Waals surface area contributed by atoms with E-state index < -0.39 is 40.0 Å². The summed E-state index contributed by atoms with van der Waals surface area (Å²) < 4.78 is 27.8. The maximum atomic E-state index is 14.0. The van der Waals surface area contributed by atoms with E-state index in [9.17, 15) is 27.9 Å². The number of fused-ring (bicyclic) bond motifs is 1. The van der Waals surface area contributed by atoms with Gasteiger partial charge in [-0.3, -0.25) is 14.4 Å². The van der Waals surface area contributed by atoms with Crippen molar-refractivity contribution >= 4 is 27.6 Å². The van der Waals surface area contributed by atoms with Crippen molar-refractivity contribution in [3.05, 3.63) is 89.6 Å². The number of nitrogens with one attached hydrogen (secondary N) is 1. The highest BCUT2D eigenvalue weighted by Crippen LogP contribution is 2.34.